The fourth-order valence-electron chi connectivity index (χ4n) is 2.24. The van der Waals surface area contributed by atoms with Gasteiger partial charge in [-0.3, -0.25) is 9.05 Å². The SMILES string of the molecule is O=P(O)(OCCCc1ccccc1)OCCCc1ccccc1. The molecular weight excluding hydrogens is 311 g/mol. The van der Waals surface area contributed by atoms with Gasteiger partial charge >= 0.3 is 7.82 Å². The van der Waals surface area contributed by atoms with Gasteiger partial charge in [0.05, 0.1) is 13.2 Å². The van der Waals surface area contributed by atoms with Crippen LogP contribution in [-0.4, -0.2) is 18.1 Å². The Bertz CT molecular complexity index is 549. The van der Waals surface area contributed by atoms with Crippen molar-refractivity contribution >= 4 is 7.82 Å². The second-order valence-corrected chi connectivity index (χ2v) is 6.77. The van der Waals surface area contributed by atoms with E-state index in [4.69, 9.17) is 9.05 Å². The first kappa shape index (κ1) is 17.9. The molecule has 1 N–H and O–H groups in total. The van der Waals surface area contributed by atoms with Gasteiger partial charge in [0.15, 0.2) is 0 Å². The highest BCUT2D eigenvalue weighted by molar-refractivity contribution is 7.47. The minimum Gasteiger partial charge on any atom is -0.302 e. The second kappa shape index (κ2) is 9.64. The molecule has 0 radical (unpaired) electrons. The van der Waals surface area contributed by atoms with Crippen molar-refractivity contribution in [2.24, 2.45) is 0 Å². The van der Waals surface area contributed by atoms with E-state index >= 15 is 0 Å². The summed E-state index contributed by atoms with van der Waals surface area (Å²) >= 11 is 0. The molecule has 0 aliphatic heterocycles. The summed E-state index contributed by atoms with van der Waals surface area (Å²) < 4.78 is 21.7. The van der Waals surface area contributed by atoms with Gasteiger partial charge < -0.3 is 4.89 Å². The molecule has 0 bridgehead atoms. The van der Waals surface area contributed by atoms with Crippen molar-refractivity contribution in [2.75, 3.05) is 13.2 Å². The maximum absolute atomic E-state index is 11.7. The van der Waals surface area contributed by atoms with E-state index in [1.165, 1.54) is 11.1 Å². The molecule has 5 heteroatoms. The van der Waals surface area contributed by atoms with Crippen LogP contribution in [0.15, 0.2) is 60.7 Å². The molecule has 0 unspecified atom stereocenters. The van der Waals surface area contributed by atoms with Gasteiger partial charge in [0.2, 0.25) is 0 Å². The Morgan fingerprint density at radius 3 is 1.52 bits per heavy atom. The molecule has 0 aromatic heterocycles. The van der Waals surface area contributed by atoms with E-state index in [0.29, 0.717) is 12.8 Å². The fraction of sp³-hybridized carbons (Fsp3) is 0.333. The van der Waals surface area contributed by atoms with Gasteiger partial charge in [-0.2, -0.15) is 0 Å². The minimum atomic E-state index is -3.94. The smallest absolute Gasteiger partial charge is 0.302 e. The Labute approximate surface area is 137 Å². The minimum absolute atomic E-state index is 0.210. The predicted octanol–water partition coefficient (Wildman–Crippen LogP) is 4.39. The molecule has 0 saturated heterocycles. The molecule has 2 rings (SSSR count). The summed E-state index contributed by atoms with van der Waals surface area (Å²) in [6, 6.07) is 19.9. The summed E-state index contributed by atoms with van der Waals surface area (Å²) in [7, 11) is -3.94. The van der Waals surface area contributed by atoms with Crippen LogP contribution in [0.5, 0.6) is 0 Å². The number of hydrogen-bond acceptors (Lipinski definition) is 3. The van der Waals surface area contributed by atoms with Crippen LogP contribution in [0.3, 0.4) is 0 Å². The van der Waals surface area contributed by atoms with Crippen LogP contribution in [0.4, 0.5) is 0 Å². The summed E-state index contributed by atoms with van der Waals surface area (Å²) in [5.41, 5.74) is 2.38. The highest BCUT2D eigenvalue weighted by atomic mass is 31.2. The van der Waals surface area contributed by atoms with Gasteiger partial charge in [0.25, 0.3) is 0 Å². The Morgan fingerprint density at radius 2 is 1.13 bits per heavy atom. The molecule has 0 aliphatic rings. The van der Waals surface area contributed by atoms with Crippen molar-refractivity contribution in [1.82, 2.24) is 0 Å². The molecule has 2 aromatic carbocycles. The highest BCUT2D eigenvalue weighted by Gasteiger charge is 2.20. The fourth-order valence-corrected chi connectivity index (χ4v) is 3.03. The number of aryl methyl sites for hydroxylation is 2. The maximum Gasteiger partial charge on any atom is 0.472 e. The van der Waals surface area contributed by atoms with E-state index < -0.39 is 7.82 Å². The van der Waals surface area contributed by atoms with Gasteiger partial charge in [0, 0.05) is 0 Å². The van der Waals surface area contributed by atoms with Crippen LogP contribution in [-0.2, 0) is 26.5 Å². The topological polar surface area (TPSA) is 55.8 Å². The Balaban J connectivity index is 1.58. The zero-order valence-electron chi connectivity index (χ0n) is 13.1. The van der Waals surface area contributed by atoms with E-state index in [0.717, 1.165) is 12.8 Å². The van der Waals surface area contributed by atoms with E-state index in [9.17, 15) is 9.46 Å². The standard InChI is InChI=1S/C18H23O4P/c19-23(20,21-15-7-13-17-9-3-1-4-10-17)22-16-8-14-18-11-5-2-6-12-18/h1-6,9-12H,7-8,13-16H2,(H,19,20). The molecule has 0 saturated carbocycles. The third kappa shape index (κ3) is 7.58. The quantitative estimate of drug-likeness (QED) is 0.517. The molecule has 0 amide bonds. The summed E-state index contributed by atoms with van der Waals surface area (Å²) in [6.07, 6.45) is 2.99. The summed E-state index contributed by atoms with van der Waals surface area (Å²) in [6.45, 7) is 0.419. The van der Waals surface area contributed by atoms with Crippen molar-refractivity contribution in [3.8, 4) is 0 Å². The molecule has 4 nitrogen and oxygen atoms in total. The Kier molecular flexibility index (Phi) is 7.50. The molecule has 0 spiro atoms. The Morgan fingerprint density at radius 1 is 0.739 bits per heavy atom. The number of phosphoric acid groups is 1. The lowest BCUT2D eigenvalue weighted by molar-refractivity contribution is 0.147. The Hall–Kier alpha value is -1.45. The molecule has 124 valence electrons. The van der Waals surface area contributed by atoms with Gasteiger partial charge in [-0.1, -0.05) is 60.7 Å². The summed E-state index contributed by atoms with van der Waals surface area (Å²) in [5.74, 6) is 0. The highest BCUT2D eigenvalue weighted by Crippen LogP contribution is 2.43. The molecule has 23 heavy (non-hydrogen) atoms. The maximum atomic E-state index is 11.7. The lowest BCUT2D eigenvalue weighted by Gasteiger charge is -2.12. The van der Waals surface area contributed by atoms with Crippen molar-refractivity contribution < 1.29 is 18.5 Å². The summed E-state index contributed by atoms with van der Waals surface area (Å²) in [5, 5.41) is 0. The monoisotopic (exact) mass is 334 g/mol. The van der Waals surface area contributed by atoms with Crippen LogP contribution in [0, 0.1) is 0 Å². The average molecular weight is 334 g/mol. The van der Waals surface area contributed by atoms with Crippen molar-refractivity contribution in [1.29, 1.82) is 0 Å². The van der Waals surface area contributed by atoms with Crippen LogP contribution < -0.4 is 0 Å². The second-order valence-electron chi connectivity index (χ2n) is 5.31. The molecule has 2 aromatic rings. The first-order valence-electron chi connectivity index (χ1n) is 7.85. The zero-order chi connectivity index (χ0) is 16.4. The van der Waals surface area contributed by atoms with Crippen LogP contribution in [0.2, 0.25) is 0 Å². The lowest BCUT2D eigenvalue weighted by Crippen LogP contribution is -2.01. The summed E-state index contributed by atoms with van der Waals surface area (Å²) in [4.78, 5) is 9.62. The third-order valence-corrected chi connectivity index (χ3v) is 4.43. The number of phosphoric ester groups is 1. The van der Waals surface area contributed by atoms with Gasteiger partial charge in [-0.05, 0) is 36.8 Å². The number of benzene rings is 2. The largest absolute Gasteiger partial charge is 0.472 e. The first-order valence-corrected chi connectivity index (χ1v) is 9.35. The van der Waals surface area contributed by atoms with E-state index in [-0.39, 0.29) is 13.2 Å². The molecule has 0 aliphatic carbocycles. The van der Waals surface area contributed by atoms with Crippen molar-refractivity contribution in [2.45, 2.75) is 25.7 Å². The first-order chi connectivity index (χ1) is 11.2. The van der Waals surface area contributed by atoms with Crippen LogP contribution in [0.1, 0.15) is 24.0 Å². The number of rotatable bonds is 10. The predicted molar refractivity (Wildman–Crippen MR) is 91.3 cm³/mol. The normalized spacial score (nSPS) is 11.5. The molecule has 0 heterocycles. The third-order valence-electron chi connectivity index (χ3n) is 3.41. The number of hydrogen-bond donors (Lipinski definition) is 1. The van der Waals surface area contributed by atoms with Gasteiger partial charge in [-0.25, -0.2) is 4.57 Å². The van der Waals surface area contributed by atoms with Crippen LogP contribution in [0.25, 0.3) is 0 Å². The molecule has 0 atom stereocenters. The van der Waals surface area contributed by atoms with Crippen LogP contribution >= 0.6 is 7.82 Å². The van der Waals surface area contributed by atoms with Crippen molar-refractivity contribution in [3.05, 3.63) is 71.8 Å². The average Bonchev–Trinajstić information content (AvgIpc) is 2.58. The van der Waals surface area contributed by atoms with E-state index in [1.54, 1.807) is 0 Å². The van der Waals surface area contributed by atoms with Crippen molar-refractivity contribution in [3.63, 3.8) is 0 Å². The lowest BCUT2D eigenvalue weighted by atomic mass is 10.1. The van der Waals surface area contributed by atoms with Gasteiger partial charge in [-0.15, -0.1) is 0 Å². The molecular formula is C18H23O4P. The van der Waals surface area contributed by atoms with E-state index in [2.05, 4.69) is 0 Å². The van der Waals surface area contributed by atoms with Gasteiger partial charge in [0.1, 0.15) is 0 Å². The molecule has 0 fully saturated rings. The van der Waals surface area contributed by atoms with E-state index in [1.807, 2.05) is 60.7 Å². The zero-order valence-corrected chi connectivity index (χ0v) is 14.0.